The summed E-state index contributed by atoms with van der Waals surface area (Å²) in [4.78, 5) is 10.9. The van der Waals surface area contributed by atoms with Gasteiger partial charge in [0, 0.05) is 28.4 Å². The van der Waals surface area contributed by atoms with Crippen LogP contribution in [0.15, 0.2) is 47.6 Å². The van der Waals surface area contributed by atoms with Gasteiger partial charge in [-0.15, -0.1) is 0 Å². The third-order valence-corrected chi connectivity index (χ3v) is 6.11. The molecular formula is C21H24Cl2N4O3S. The van der Waals surface area contributed by atoms with E-state index in [4.69, 9.17) is 27.4 Å². The van der Waals surface area contributed by atoms with Gasteiger partial charge in [-0.2, -0.15) is 8.42 Å². The van der Waals surface area contributed by atoms with Crippen LogP contribution >= 0.6 is 23.2 Å². The van der Waals surface area contributed by atoms with E-state index in [1.165, 1.54) is 18.2 Å². The molecule has 1 aromatic carbocycles. The van der Waals surface area contributed by atoms with E-state index in [0.29, 0.717) is 23.8 Å². The molecule has 0 aliphatic carbocycles. The van der Waals surface area contributed by atoms with Gasteiger partial charge in [0.1, 0.15) is 11.6 Å². The van der Waals surface area contributed by atoms with Crippen LogP contribution in [0.2, 0.25) is 10.0 Å². The minimum Gasteiger partial charge on any atom is -0.378 e. The number of aromatic nitrogens is 3. The standard InChI is InChI=1S/C21H24Cl2N4O3S/c1-14(2)20-21(31(28,29)30-18-10-15(22)9-16(23)11-18)27(19(25-20)13-26(3)4)12-17-7-5-6-8-24-17/h5-11,14H,12-13H2,1-4H3. The molecule has 31 heavy (non-hydrogen) atoms. The first-order valence-corrected chi connectivity index (χ1v) is 11.8. The normalized spacial score (nSPS) is 12.0. The van der Waals surface area contributed by atoms with Crippen LogP contribution in [-0.2, 0) is 23.2 Å². The molecule has 2 aromatic heterocycles. The Hall–Kier alpha value is -2.13. The van der Waals surface area contributed by atoms with Crippen molar-refractivity contribution >= 4 is 33.3 Å². The Morgan fingerprint density at radius 1 is 1.13 bits per heavy atom. The van der Waals surface area contributed by atoms with Crippen LogP contribution in [-0.4, -0.2) is 41.9 Å². The number of pyridine rings is 1. The average Bonchev–Trinajstić information content (AvgIpc) is 3.00. The van der Waals surface area contributed by atoms with Gasteiger partial charge >= 0.3 is 10.1 Å². The Balaban J connectivity index is 2.16. The molecule has 3 rings (SSSR count). The van der Waals surface area contributed by atoms with Gasteiger partial charge in [0.2, 0.25) is 0 Å². The maximum absolute atomic E-state index is 13.5. The van der Waals surface area contributed by atoms with E-state index < -0.39 is 10.1 Å². The number of imidazole rings is 1. The number of halogens is 2. The van der Waals surface area contributed by atoms with E-state index in [0.717, 1.165) is 0 Å². The highest BCUT2D eigenvalue weighted by Gasteiger charge is 2.32. The highest BCUT2D eigenvalue weighted by molar-refractivity contribution is 7.87. The number of hydrogen-bond acceptors (Lipinski definition) is 6. The first-order valence-electron chi connectivity index (χ1n) is 9.61. The van der Waals surface area contributed by atoms with Gasteiger partial charge in [0.15, 0.2) is 5.03 Å². The van der Waals surface area contributed by atoms with Crippen molar-refractivity contribution in [1.82, 2.24) is 19.4 Å². The molecule has 0 aliphatic rings. The molecule has 0 saturated carbocycles. The van der Waals surface area contributed by atoms with E-state index in [9.17, 15) is 8.42 Å². The quantitative estimate of drug-likeness (QED) is 0.437. The van der Waals surface area contributed by atoms with Crippen molar-refractivity contribution in [1.29, 1.82) is 0 Å². The molecule has 10 heteroatoms. The topological polar surface area (TPSA) is 77.3 Å². The molecule has 0 bridgehead atoms. The van der Waals surface area contributed by atoms with E-state index in [1.54, 1.807) is 16.8 Å². The zero-order valence-corrected chi connectivity index (χ0v) is 20.0. The van der Waals surface area contributed by atoms with Gasteiger partial charge in [-0.1, -0.05) is 43.1 Å². The largest absolute Gasteiger partial charge is 0.378 e. The van der Waals surface area contributed by atoms with Crippen molar-refractivity contribution in [2.45, 2.75) is 37.9 Å². The third-order valence-electron chi connectivity index (χ3n) is 4.35. The molecular weight excluding hydrogens is 459 g/mol. The maximum atomic E-state index is 13.5. The van der Waals surface area contributed by atoms with E-state index in [2.05, 4.69) is 9.97 Å². The second-order valence-corrected chi connectivity index (χ2v) is 10.00. The number of rotatable bonds is 8. The molecule has 0 radical (unpaired) electrons. The third kappa shape index (κ3) is 5.77. The molecule has 7 nitrogen and oxygen atoms in total. The minimum atomic E-state index is -4.25. The van der Waals surface area contributed by atoms with Crippen LogP contribution < -0.4 is 4.18 Å². The van der Waals surface area contributed by atoms with E-state index in [1.807, 2.05) is 45.0 Å². The lowest BCUT2D eigenvalue weighted by Gasteiger charge is -2.16. The second kappa shape index (κ2) is 9.56. The van der Waals surface area contributed by atoms with Crippen molar-refractivity contribution in [2.24, 2.45) is 0 Å². The maximum Gasteiger partial charge on any atom is 0.357 e. The molecule has 0 amide bonds. The molecule has 0 saturated heterocycles. The van der Waals surface area contributed by atoms with Gasteiger partial charge < -0.3 is 13.7 Å². The predicted molar refractivity (Wildman–Crippen MR) is 121 cm³/mol. The molecule has 0 spiro atoms. The summed E-state index contributed by atoms with van der Waals surface area (Å²) in [6.07, 6.45) is 1.67. The summed E-state index contributed by atoms with van der Waals surface area (Å²) in [6.45, 7) is 4.47. The highest BCUT2D eigenvalue weighted by Crippen LogP contribution is 2.31. The lowest BCUT2D eigenvalue weighted by Crippen LogP contribution is -2.21. The Morgan fingerprint density at radius 2 is 1.81 bits per heavy atom. The van der Waals surface area contributed by atoms with Crippen LogP contribution in [0.1, 0.15) is 37.0 Å². The molecule has 0 N–H and O–H groups in total. The first-order chi connectivity index (χ1) is 14.6. The fourth-order valence-corrected chi connectivity index (χ4v) is 5.02. The van der Waals surface area contributed by atoms with Crippen molar-refractivity contribution in [3.05, 3.63) is 69.9 Å². The molecule has 0 atom stereocenters. The minimum absolute atomic E-state index is 0.00102. The zero-order chi connectivity index (χ0) is 22.8. The molecule has 3 aromatic rings. The molecule has 166 valence electrons. The Kier molecular flexibility index (Phi) is 7.26. The van der Waals surface area contributed by atoms with Crippen LogP contribution in [0.25, 0.3) is 0 Å². The lowest BCUT2D eigenvalue weighted by molar-refractivity contribution is 0.378. The second-order valence-electron chi connectivity index (χ2n) is 7.66. The summed E-state index contributed by atoms with van der Waals surface area (Å²) < 4.78 is 34.0. The highest BCUT2D eigenvalue weighted by atomic mass is 35.5. The molecule has 2 heterocycles. The van der Waals surface area contributed by atoms with Gasteiger partial charge in [-0.25, -0.2) is 4.98 Å². The van der Waals surface area contributed by atoms with Crippen molar-refractivity contribution < 1.29 is 12.6 Å². The van der Waals surface area contributed by atoms with Gasteiger partial charge in [0.05, 0.1) is 24.5 Å². The Morgan fingerprint density at radius 3 is 2.35 bits per heavy atom. The smallest absolute Gasteiger partial charge is 0.357 e. The lowest BCUT2D eigenvalue weighted by atomic mass is 10.1. The van der Waals surface area contributed by atoms with Crippen LogP contribution in [0, 0.1) is 0 Å². The summed E-state index contributed by atoms with van der Waals surface area (Å²) in [5, 5.41) is 0.551. The number of benzene rings is 1. The monoisotopic (exact) mass is 482 g/mol. The van der Waals surface area contributed by atoms with Crippen LogP contribution in [0.4, 0.5) is 0 Å². The average molecular weight is 483 g/mol. The predicted octanol–water partition coefficient (Wildman–Crippen LogP) is 4.59. The van der Waals surface area contributed by atoms with Gasteiger partial charge in [-0.3, -0.25) is 4.98 Å². The first kappa shape index (κ1) is 23.5. The molecule has 0 aliphatic heterocycles. The Bertz CT molecular complexity index is 1140. The summed E-state index contributed by atoms with van der Waals surface area (Å²) in [7, 11) is -0.459. The fourth-order valence-electron chi connectivity index (χ4n) is 3.10. The number of hydrogen-bond donors (Lipinski definition) is 0. The van der Waals surface area contributed by atoms with Gasteiger partial charge in [0.25, 0.3) is 0 Å². The van der Waals surface area contributed by atoms with Crippen LogP contribution in [0.3, 0.4) is 0 Å². The van der Waals surface area contributed by atoms with Crippen molar-refractivity contribution in [2.75, 3.05) is 14.1 Å². The fraction of sp³-hybridized carbons (Fsp3) is 0.333. The molecule has 0 fully saturated rings. The molecule has 0 unspecified atom stereocenters. The zero-order valence-electron chi connectivity index (χ0n) is 17.7. The van der Waals surface area contributed by atoms with Crippen LogP contribution in [0.5, 0.6) is 5.75 Å². The summed E-state index contributed by atoms with van der Waals surface area (Å²) in [6, 6.07) is 9.81. The SMILES string of the molecule is CC(C)c1nc(CN(C)C)n(Cc2ccccn2)c1S(=O)(=O)Oc1cc(Cl)cc(Cl)c1. The van der Waals surface area contributed by atoms with E-state index >= 15 is 0 Å². The van der Waals surface area contributed by atoms with Crippen molar-refractivity contribution in [3.63, 3.8) is 0 Å². The summed E-state index contributed by atoms with van der Waals surface area (Å²) in [5.74, 6) is 0.486. The summed E-state index contributed by atoms with van der Waals surface area (Å²) in [5.41, 5.74) is 1.14. The van der Waals surface area contributed by atoms with E-state index in [-0.39, 0.29) is 33.3 Å². The van der Waals surface area contributed by atoms with Gasteiger partial charge in [-0.05, 0) is 38.2 Å². The Labute approximate surface area is 192 Å². The summed E-state index contributed by atoms with van der Waals surface area (Å²) >= 11 is 12.0. The van der Waals surface area contributed by atoms with Crippen molar-refractivity contribution in [3.8, 4) is 5.75 Å². The number of nitrogens with zero attached hydrogens (tertiary/aromatic N) is 4.